The van der Waals surface area contributed by atoms with E-state index in [0.717, 1.165) is 5.56 Å². The highest BCUT2D eigenvalue weighted by atomic mass is 35.5. The maximum Gasteiger partial charge on any atom is 0.357 e. The molecule has 0 amide bonds. The van der Waals surface area contributed by atoms with Gasteiger partial charge in [0.2, 0.25) is 0 Å². The normalized spacial score (nSPS) is 9.27. The molecular weight excluding hydrogens is 166 g/mol. The Morgan fingerprint density at radius 2 is 2.36 bits per heavy atom. The number of aromatic nitrogens is 1. The summed E-state index contributed by atoms with van der Waals surface area (Å²) >= 11 is 4.86. The van der Waals surface area contributed by atoms with Crippen LogP contribution >= 0.6 is 11.9 Å². The number of halogens is 1. The lowest BCUT2D eigenvalue weighted by molar-refractivity contribution is 0.0751. The Morgan fingerprint density at radius 3 is 2.91 bits per heavy atom. The van der Waals surface area contributed by atoms with Gasteiger partial charge in [-0.25, -0.2) is 4.79 Å². The van der Waals surface area contributed by atoms with Crippen LogP contribution in [-0.4, -0.2) is 11.0 Å². The molecule has 1 rings (SSSR count). The first-order valence-electron chi connectivity index (χ1n) is 2.98. The van der Waals surface area contributed by atoms with Gasteiger partial charge in [0.25, 0.3) is 0 Å². The zero-order chi connectivity index (χ0) is 8.27. The second-order valence-corrected chi connectivity index (χ2v) is 2.27. The molecule has 4 heteroatoms. The van der Waals surface area contributed by atoms with Gasteiger partial charge in [-0.15, -0.1) is 0 Å². The molecule has 0 saturated carbocycles. The van der Waals surface area contributed by atoms with Crippen molar-refractivity contribution in [3.8, 4) is 0 Å². The fraction of sp³-hybridized carbons (Fsp3) is 0.143. The molecule has 0 aliphatic carbocycles. The van der Waals surface area contributed by atoms with Gasteiger partial charge in [0, 0.05) is 12.4 Å². The van der Waals surface area contributed by atoms with Crippen LogP contribution in [0.5, 0.6) is 0 Å². The van der Waals surface area contributed by atoms with Gasteiger partial charge in [-0.1, -0.05) is 0 Å². The fourth-order valence-electron chi connectivity index (χ4n) is 0.711. The van der Waals surface area contributed by atoms with Gasteiger partial charge in [0.05, 0.1) is 5.56 Å². The highest BCUT2D eigenvalue weighted by Gasteiger charge is 2.05. The third-order valence-electron chi connectivity index (χ3n) is 1.18. The van der Waals surface area contributed by atoms with E-state index >= 15 is 0 Å². The van der Waals surface area contributed by atoms with Crippen LogP contribution in [0.1, 0.15) is 15.9 Å². The standard InChI is InChI=1S/C7H6ClNO2/c1-5-2-6(4-9-3-5)7(10)11-8/h2-4H,1H3. The number of nitrogens with zero attached hydrogens (tertiary/aromatic N) is 1. The molecule has 0 aliphatic rings. The van der Waals surface area contributed by atoms with Crippen LogP contribution in [0.4, 0.5) is 0 Å². The fourth-order valence-corrected chi connectivity index (χ4v) is 0.800. The lowest BCUT2D eigenvalue weighted by Crippen LogP contribution is -1.98. The minimum absolute atomic E-state index is 0.361. The van der Waals surface area contributed by atoms with Crippen molar-refractivity contribution in [3.63, 3.8) is 0 Å². The van der Waals surface area contributed by atoms with Gasteiger partial charge in [-0.3, -0.25) is 4.98 Å². The summed E-state index contributed by atoms with van der Waals surface area (Å²) in [6, 6.07) is 1.65. The Hall–Kier alpha value is -1.09. The predicted octanol–water partition coefficient (Wildman–Crippen LogP) is 1.70. The van der Waals surface area contributed by atoms with Crippen molar-refractivity contribution in [2.75, 3.05) is 0 Å². The number of pyridine rings is 1. The van der Waals surface area contributed by atoms with Crippen molar-refractivity contribution in [1.82, 2.24) is 4.98 Å². The van der Waals surface area contributed by atoms with Gasteiger partial charge in [0.15, 0.2) is 0 Å². The Morgan fingerprint density at radius 1 is 1.64 bits per heavy atom. The summed E-state index contributed by atoms with van der Waals surface area (Å²) in [7, 11) is 0. The van der Waals surface area contributed by atoms with Gasteiger partial charge in [-0.05, 0) is 18.6 Å². The number of carbonyl (C=O) groups excluding carboxylic acids is 1. The minimum atomic E-state index is -0.581. The van der Waals surface area contributed by atoms with E-state index in [4.69, 9.17) is 11.9 Å². The molecule has 0 fully saturated rings. The van der Waals surface area contributed by atoms with E-state index < -0.39 is 5.97 Å². The summed E-state index contributed by atoms with van der Waals surface area (Å²) in [4.78, 5) is 14.6. The molecule has 0 radical (unpaired) electrons. The monoisotopic (exact) mass is 171 g/mol. The molecule has 0 spiro atoms. The smallest absolute Gasteiger partial charge is 0.343 e. The molecule has 1 heterocycles. The van der Waals surface area contributed by atoms with Gasteiger partial charge >= 0.3 is 5.97 Å². The van der Waals surface area contributed by atoms with Crippen molar-refractivity contribution in [1.29, 1.82) is 0 Å². The van der Waals surface area contributed by atoms with Crippen molar-refractivity contribution in [3.05, 3.63) is 29.6 Å². The number of rotatable bonds is 1. The summed E-state index contributed by atoms with van der Waals surface area (Å²) in [6.07, 6.45) is 3.04. The molecule has 0 N–H and O–H groups in total. The van der Waals surface area contributed by atoms with Crippen LogP contribution < -0.4 is 0 Å². The van der Waals surface area contributed by atoms with E-state index in [0.29, 0.717) is 5.56 Å². The lowest BCUT2D eigenvalue weighted by atomic mass is 10.2. The van der Waals surface area contributed by atoms with Crippen molar-refractivity contribution < 1.29 is 9.08 Å². The Bertz CT molecular complexity index is 275. The minimum Gasteiger partial charge on any atom is -0.343 e. The van der Waals surface area contributed by atoms with E-state index in [1.54, 1.807) is 12.3 Å². The molecule has 1 aromatic heterocycles. The van der Waals surface area contributed by atoms with E-state index in [1.807, 2.05) is 6.92 Å². The van der Waals surface area contributed by atoms with Crippen LogP contribution in [0.2, 0.25) is 0 Å². The molecule has 11 heavy (non-hydrogen) atoms. The SMILES string of the molecule is Cc1cncc(C(=O)OCl)c1. The molecular formula is C7H6ClNO2. The van der Waals surface area contributed by atoms with Gasteiger partial charge < -0.3 is 4.29 Å². The quantitative estimate of drug-likeness (QED) is 0.646. The van der Waals surface area contributed by atoms with Crippen LogP contribution in [0.15, 0.2) is 18.5 Å². The lowest BCUT2D eigenvalue weighted by Gasteiger charge is -1.95. The third kappa shape index (κ3) is 1.91. The molecule has 0 saturated heterocycles. The van der Waals surface area contributed by atoms with E-state index in [1.165, 1.54) is 6.20 Å². The highest BCUT2D eigenvalue weighted by Crippen LogP contribution is 2.03. The molecule has 3 nitrogen and oxygen atoms in total. The Labute approximate surface area is 69.1 Å². The summed E-state index contributed by atoms with van der Waals surface area (Å²) in [6.45, 7) is 1.83. The van der Waals surface area contributed by atoms with Crippen molar-refractivity contribution >= 4 is 17.8 Å². The third-order valence-corrected chi connectivity index (χ3v) is 1.32. The molecule has 0 unspecified atom stereocenters. The summed E-state index contributed by atoms with van der Waals surface area (Å²) in [5.74, 6) is -0.581. The zero-order valence-corrected chi connectivity index (χ0v) is 6.63. The molecule has 0 bridgehead atoms. The molecule has 0 aromatic carbocycles. The number of hydrogen-bond acceptors (Lipinski definition) is 3. The topological polar surface area (TPSA) is 39.2 Å². The maximum atomic E-state index is 10.8. The number of hydrogen-bond donors (Lipinski definition) is 0. The highest BCUT2D eigenvalue weighted by molar-refractivity contribution is 6.15. The predicted molar refractivity (Wildman–Crippen MR) is 40.2 cm³/mol. The van der Waals surface area contributed by atoms with Gasteiger partial charge in [0.1, 0.15) is 11.9 Å². The zero-order valence-electron chi connectivity index (χ0n) is 5.87. The second kappa shape index (κ2) is 3.34. The Balaban J connectivity index is 2.96. The average Bonchev–Trinajstić information content (AvgIpc) is 2.03. The van der Waals surface area contributed by atoms with Crippen LogP contribution in [-0.2, 0) is 4.29 Å². The first kappa shape index (κ1) is 8.01. The van der Waals surface area contributed by atoms with Gasteiger partial charge in [-0.2, -0.15) is 0 Å². The van der Waals surface area contributed by atoms with Crippen LogP contribution in [0, 0.1) is 6.92 Å². The first-order valence-corrected chi connectivity index (χ1v) is 3.29. The van der Waals surface area contributed by atoms with E-state index in [9.17, 15) is 4.79 Å². The second-order valence-electron chi connectivity index (χ2n) is 2.12. The van der Waals surface area contributed by atoms with Crippen molar-refractivity contribution in [2.24, 2.45) is 0 Å². The molecule has 0 atom stereocenters. The molecule has 1 aromatic rings. The van der Waals surface area contributed by atoms with E-state index in [-0.39, 0.29) is 0 Å². The number of aryl methyl sites for hydroxylation is 1. The van der Waals surface area contributed by atoms with Crippen molar-refractivity contribution in [2.45, 2.75) is 6.92 Å². The summed E-state index contributed by atoms with van der Waals surface area (Å²) < 4.78 is 3.98. The average molecular weight is 172 g/mol. The maximum absolute atomic E-state index is 10.8. The molecule has 58 valence electrons. The Kier molecular flexibility index (Phi) is 2.44. The van der Waals surface area contributed by atoms with Crippen LogP contribution in [0.25, 0.3) is 0 Å². The molecule has 0 aliphatic heterocycles. The largest absolute Gasteiger partial charge is 0.357 e. The van der Waals surface area contributed by atoms with E-state index in [2.05, 4.69) is 9.27 Å². The number of carbonyl (C=O) groups is 1. The summed E-state index contributed by atoms with van der Waals surface area (Å²) in [5, 5.41) is 0. The van der Waals surface area contributed by atoms with Crippen LogP contribution in [0.3, 0.4) is 0 Å². The summed E-state index contributed by atoms with van der Waals surface area (Å²) in [5.41, 5.74) is 1.25. The first-order chi connectivity index (χ1) is 5.24.